The lowest BCUT2D eigenvalue weighted by atomic mass is 10.1. The summed E-state index contributed by atoms with van der Waals surface area (Å²) in [4.78, 5) is 15.1. The van der Waals surface area contributed by atoms with Crippen LogP contribution in [0.2, 0.25) is 0 Å². The first-order valence-corrected chi connectivity index (χ1v) is 12.5. The van der Waals surface area contributed by atoms with Gasteiger partial charge in [-0.05, 0) is 38.3 Å². The first-order valence-electron chi connectivity index (χ1n) is 11.1. The lowest BCUT2D eigenvalue weighted by molar-refractivity contribution is 0.0686. The SMILES string of the molecule is CCN(CC)S(=O)(=O)N1CCN(C(=O)c2nn(-c3ccc(C)cc3)c3c2CCC3)CC1. The molecule has 4 rings (SSSR count). The molecule has 0 bridgehead atoms. The smallest absolute Gasteiger partial charge is 0.282 e. The molecular formula is C22H31N5O3S. The number of rotatable bonds is 6. The van der Waals surface area contributed by atoms with Crippen LogP contribution in [0.3, 0.4) is 0 Å². The van der Waals surface area contributed by atoms with Crippen LogP contribution in [-0.2, 0) is 23.1 Å². The van der Waals surface area contributed by atoms with Crippen molar-refractivity contribution in [2.45, 2.75) is 40.0 Å². The van der Waals surface area contributed by atoms with Crippen molar-refractivity contribution in [3.05, 3.63) is 46.8 Å². The maximum atomic E-state index is 13.3. The van der Waals surface area contributed by atoms with Crippen molar-refractivity contribution < 1.29 is 13.2 Å². The average molecular weight is 446 g/mol. The van der Waals surface area contributed by atoms with Crippen molar-refractivity contribution in [2.75, 3.05) is 39.3 Å². The van der Waals surface area contributed by atoms with E-state index in [0.29, 0.717) is 45.0 Å². The van der Waals surface area contributed by atoms with Crippen molar-refractivity contribution >= 4 is 16.1 Å². The highest BCUT2D eigenvalue weighted by Crippen LogP contribution is 2.29. The van der Waals surface area contributed by atoms with Gasteiger partial charge in [0.1, 0.15) is 0 Å². The van der Waals surface area contributed by atoms with Gasteiger partial charge in [-0.15, -0.1) is 0 Å². The highest BCUT2D eigenvalue weighted by atomic mass is 32.2. The fourth-order valence-corrected chi connectivity index (χ4v) is 6.10. The Labute approximate surface area is 184 Å². The van der Waals surface area contributed by atoms with Gasteiger partial charge in [-0.1, -0.05) is 31.5 Å². The Balaban J connectivity index is 1.53. The molecule has 1 aliphatic heterocycles. The molecule has 1 aliphatic carbocycles. The third kappa shape index (κ3) is 4.02. The monoisotopic (exact) mass is 445 g/mol. The predicted molar refractivity (Wildman–Crippen MR) is 120 cm³/mol. The Bertz CT molecular complexity index is 1050. The van der Waals surface area contributed by atoms with E-state index in [1.165, 1.54) is 14.2 Å². The van der Waals surface area contributed by atoms with Crippen LogP contribution in [-0.4, -0.2) is 76.9 Å². The third-order valence-electron chi connectivity index (χ3n) is 6.30. The maximum absolute atomic E-state index is 13.3. The van der Waals surface area contributed by atoms with E-state index in [-0.39, 0.29) is 5.91 Å². The molecular weight excluding hydrogens is 414 g/mol. The average Bonchev–Trinajstić information content (AvgIpc) is 3.38. The van der Waals surface area contributed by atoms with Gasteiger partial charge < -0.3 is 4.90 Å². The topological polar surface area (TPSA) is 78.8 Å². The Morgan fingerprint density at radius 3 is 2.29 bits per heavy atom. The number of carbonyl (C=O) groups is 1. The molecule has 0 radical (unpaired) electrons. The molecule has 0 N–H and O–H groups in total. The number of aryl methyl sites for hydroxylation is 1. The summed E-state index contributed by atoms with van der Waals surface area (Å²) in [6, 6.07) is 8.17. The maximum Gasteiger partial charge on any atom is 0.282 e. The van der Waals surface area contributed by atoms with E-state index in [1.807, 2.05) is 37.6 Å². The molecule has 2 aliphatic rings. The molecule has 1 saturated heterocycles. The van der Waals surface area contributed by atoms with Crippen LogP contribution in [0.1, 0.15) is 47.6 Å². The second-order valence-corrected chi connectivity index (χ2v) is 10.1. The normalized spacial score (nSPS) is 17.4. The fraction of sp³-hybridized carbons (Fsp3) is 0.545. The largest absolute Gasteiger partial charge is 0.335 e. The first kappa shape index (κ1) is 22.0. The van der Waals surface area contributed by atoms with E-state index in [9.17, 15) is 13.2 Å². The molecule has 2 heterocycles. The molecule has 9 heteroatoms. The van der Waals surface area contributed by atoms with Gasteiger partial charge in [-0.25, -0.2) is 4.68 Å². The number of hydrogen-bond acceptors (Lipinski definition) is 4. The van der Waals surface area contributed by atoms with Crippen molar-refractivity contribution in [2.24, 2.45) is 0 Å². The number of benzene rings is 1. The van der Waals surface area contributed by atoms with Gasteiger partial charge in [0.05, 0.1) is 5.69 Å². The van der Waals surface area contributed by atoms with E-state index in [2.05, 4.69) is 12.1 Å². The number of nitrogens with zero attached hydrogens (tertiary/aromatic N) is 5. The van der Waals surface area contributed by atoms with Crippen molar-refractivity contribution in [3.8, 4) is 5.69 Å². The van der Waals surface area contributed by atoms with Crippen molar-refractivity contribution in [3.63, 3.8) is 0 Å². The summed E-state index contributed by atoms with van der Waals surface area (Å²) in [6.07, 6.45) is 2.80. The summed E-state index contributed by atoms with van der Waals surface area (Å²) in [7, 11) is -3.47. The van der Waals surface area contributed by atoms with Crippen LogP contribution in [0.25, 0.3) is 5.69 Å². The van der Waals surface area contributed by atoms with Gasteiger partial charge >= 0.3 is 0 Å². The van der Waals surface area contributed by atoms with Crippen LogP contribution in [0.5, 0.6) is 0 Å². The zero-order chi connectivity index (χ0) is 22.2. The zero-order valence-corrected chi connectivity index (χ0v) is 19.4. The number of hydrogen-bond donors (Lipinski definition) is 0. The number of carbonyl (C=O) groups excluding carboxylic acids is 1. The molecule has 8 nitrogen and oxygen atoms in total. The van der Waals surface area contributed by atoms with Gasteiger partial charge in [-0.2, -0.15) is 22.1 Å². The van der Waals surface area contributed by atoms with Crippen LogP contribution in [0.4, 0.5) is 0 Å². The standard InChI is InChI=1S/C22H31N5O3S/c1-4-25(5-2)31(29,30)26-15-13-24(14-16-26)22(28)21-19-7-6-8-20(19)27(23-21)18-11-9-17(3)10-12-18/h9-12H,4-8,13-16H2,1-3H3. The quantitative estimate of drug-likeness (QED) is 0.681. The fourth-order valence-electron chi connectivity index (χ4n) is 4.49. The summed E-state index contributed by atoms with van der Waals surface area (Å²) >= 11 is 0. The number of aromatic nitrogens is 2. The number of fused-ring (bicyclic) bond motifs is 1. The van der Waals surface area contributed by atoms with E-state index in [4.69, 9.17) is 5.10 Å². The molecule has 1 amide bonds. The summed E-state index contributed by atoms with van der Waals surface area (Å²) in [5, 5.41) is 4.71. The van der Waals surface area contributed by atoms with E-state index < -0.39 is 10.2 Å². The van der Waals surface area contributed by atoms with Gasteiger partial charge in [-0.3, -0.25) is 4.79 Å². The van der Waals surface area contributed by atoms with Crippen LogP contribution in [0.15, 0.2) is 24.3 Å². The van der Waals surface area contributed by atoms with Crippen LogP contribution in [0, 0.1) is 6.92 Å². The molecule has 31 heavy (non-hydrogen) atoms. The van der Waals surface area contributed by atoms with E-state index in [0.717, 1.165) is 36.2 Å². The Morgan fingerprint density at radius 1 is 1.03 bits per heavy atom. The molecule has 0 atom stereocenters. The van der Waals surface area contributed by atoms with Crippen molar-refractivity contribution in [1.29, 1.82) is 0 Å². The van der Waals surface area contributed by atoms with Gasteiger partial charge in [0, 0.05) is 50.5 Å². The minimum absolute atomic E-state index is 0.0936. The molecule has 1 aromatic heterocycles. The zero-order valence-electron chi connectivity index (χ0n) is 18.5. The minimum atomic E-state index is -3.47. The molecule has 0 unspecified atom stereocenters. The summed E-state index contributed by atoms with van der Waals surface area (Å²) in [6.45, 7) is 8.00. The Morgan fingerprint density at radius 2 is 1.68 bits per heavy atom. The van der Waals surface area contributed by atoms with Crippen molar-refractivity contribution in [1.82, 2.24) is 23.3 Å². The number of amides is 1. The second kappa shape index (κ2) is 8.72. The predicted octanol–water partition coefficient (Wildman–Crippen LogP) is 2.01. The molecule has 0 spiro atoms. The molecule has 1 fully saturated rings. The van der Waals surface area contributed by atoms with Gasteiger partial charge in [0.2, 0.25) is 0 Å². The lowest BCUT2D eigenvalue weighted by Crippen LogP contribution is -2.54. The second-order valence-electron chi connectivity index (χ2n) is 8.16. The molecule has 2 aromatic rings. The Hall–Kier alpha value is -2.23. The highest BCUT2D eigenvalue weighted by Gasteiger charge is 2.35. The first-order chi connectivity index (χ1) is 14.9. The number of piperazine rings is 1. The van der Waals surface area contributed by atoms with Gasteiger partial charge in [0.15, 0.2) is 5.69 Å². The molecule has 168 valence electrons. The highest BCUT2D eigenvalue weighted by molar-refractivity contribution is 7.86. The third-order valence-corrected chi connectivity index (χ3v) is 8.48. The van der Waals surface area contributed by atoms with Crippen LogP contribution >= 0.6 is 0 Å². The molecule has 1 aromatic carbocycles. The summed E-state index contributed by atoms with van der Waals surface area (Å²) < 4.78 is 30.4. The Kier molecular flexibility index (Phi) is 6.18. The van der Waals surface area contributed by atoms with E-state index >= 15 is 0 Å². The lowest BCUT2D eigenvalue weighted by Gasteiger charge is -2.36. The summed E-state index contributed by atoms with van der Waals surface area (Å²) in [5.41, 5.74) is 4.84. The molecule has 0 saturated carbocycles. The minimum Gasteiger partial charge on any atom is -0.335 e. The van der Waals surface area contributed by atoms with Crippen LogP contribution < -0.4 is 0 Å². The van der Waals surface area contributed by atoms with Gasteiger partial charge in [0.25, 0.3) is 16.1 Å². The van der Waals surface area contributed by atoms with E-state index in [1.54, 1.807) is 4.90 Å². The summed E-state index contributed by atoms with van der Waals surface area (Å²) in [5.74, 6) is -0.0936.